The summed E-state index contributed by atoms with van der Waals surface area (Å²) in [6, 6.07) is 21.1. The monoisotopic (exact) mass is 441 g/mol. The van der Waals surface area contributed by atoms with E-state index in [0.29, 0.717) is 26.3 Å². The third-order valence-corrected chi connectivity index (χ3v) is 4.71. The fourth-order valence-corrected chi connectivity index (χ4v) is 3.08. The molecule has 31 heavy (non-hydrogen) atoms. The fourth-order valence-electron chi connectivity index (χ4n) is 3.08. The Bertz CT molecular complexity index is 972. The normalized spacial score (nSPS) is 10.3. The third kappa shape index (κ3) is 7.02. The topological polar surface area (TPSA) is 67.8 Å². The second-order valence-electron chi connectivity index (χ2n) is 7.06. The van der Waals surface area contributed by atoms with Gasteiger partial charge in [0.1, 0.15) is 6.61 Å². The van der Waals surface area contributed by atoms with Gasteiger partial charge in [0.25, 0.3) is 0 Å². The molecule has 0 amide bonds. The van der Waals surface area contributed by atoms with Crippen molar-refractivity contribution in [2.45, 2.75) is 33.5 Å². The molecule has 0 heterocycles. The van der Waals surface area contributed by atoms with E-state index in [1.165, 1.54) is 5.56 Å². The first kappa shape index (κ1) is 24.3. The van der Waals surface area contributed by atoms with Crippen molar-refractivity contribution >= 4 is 18.4 Å². The highest BCUT2D eigenvalue weighted by Crippen LogP contribution is 2.32. The van der Waals surface area contributed by atoms with Gasteiger partial charge in [-0.2, -0.15) is 0 Å². The van der Waals surface area contributed by atoms with Gasteiger partial charge in [0.15, 0.2) is 11.5 Å². The lowest BCUT2D eigenvalue weighted by atomic mass is 10.1. The second-order valence-corrected chi connectivity index (χ2v) is 7.06. The van der Waals surface area contributed by atoms with E-state index in [1.807, 2.05) is 37.3 Å². The molecule has 0 bridgehead atoms. The maximum atomic E-state index is 11.0. The van der Waals surface area contributed by atoms with Crippen molar-refractivity contribution in [1.29, 1.82) is 0 Å². The van der Waals surface area contributed by atoms with Crippen LogP contribution in [-0.2, 0) is 19.7 Å². The summed E-state index contributed by atoms with van der Waals surface area (Å²) in [7, 11) is 0. The molecule has 0 aliphatic carbocycles. The number of benzene rings is 3. The summed E-state index contributed by atoms with van der Waals surface area (Å²) in [4.78, 5) is 11.0. The lowest BCUT2D eigenvalue weighted by molar-refractivity contribution is 0.0697. The van der Waals surface area contributed by atoms with Crippen molar-refractivity contribution < 1.29 is 19.4 Å². The van der Waals surface area contributed by atoms with E-state index in [9.17, 15) is 4.79 Å². The standard InChI is InChI=1S/C25H27NO4.ClH/c1-3-29-23-6-4-5-22(24(23)30-17-20-9-7-18(2)8-10-20)16-26-15-19-11-13-21(14-12-19)25(27)28;/h4-14,26H,3,15-17H2,1-2H3,(H,27,28);1H. The predicted octanol–water partition coefficient (Wildman–Crippen LogP) is 5.38. The van der Waals surface area contributed by atoms with Gasteiger partial charge in [-0.15, -0.1) is 12.4 Å². The van der Waals surface area contributed by atoms with Crippen molar-refractivity contribution in [3.05, 3.63) is 94.5 Å². The molecule has 3 rings (SSSR count). The number of carboxylic acids is 1. The van der Waals surface area contributed by atoms with E-state index in [4.69, 9.17) is 14.6 Å². The Morgan fingerprint density at radius 2 is 1.58 bits per heavy atom. The highest BCUT2D eigenvalue weighted by atomic mass is 35.5. The molecule has 0 aliphatic heterocycles. The van der Waals surface area contributed by atoms with Crippen LogP contribution in [0.3, 0.4) is 0 Å². The third-order valence-electron chi connectivity index (χ3n) is 4.71. The number of carbonyl (C=O) groups is 1. The number of halogens is 1. The summed E-state index contributed by atoms with van der Waals surface area (Å²) >= 11 is 0. The molecule has 164 valence electrons. The molecular formula is C25H28ClNO4. The molecule has 0 saturated carbocycles. The number of aryl methyl sites for hydroxylation is 1. The van der Waals surface area contributed by atoms with Crippen LogP contribution in [0.15, 0.2) is 66.7 Å². The lowest BCUT2D eigenvalue weighted by Gasteiger charge is -2.17. The molecular weight excluding hydrogens is 414 g/mol. The molecule has 0 radical (unpaired) electrons. The Labute approximate surface area is 189 Å². The van der Waals surface area contributed by atoms with Crippen molar-refractivity contribution in [1.82, 2.24) is 5.32 Å². The number of ether oxygens (including phenoxy) is 2. The smallest absolute Gasteiger partial charge is 0.335 e. The summed E-state index contributed by atoms with van der Waals surface area (Å²) in [5, 5.41) is 12.4. The minimum atomic E-state index is -0.919. The van der Waals surface area contributed by atoms with E-state index in [-0.39, 0.29) is 18.0 Å². The summed E-state index contributed by atoms with van der Waals surface area (Å²) in [6.45, 7) is 6.27. The molecule has 3 aromatic carbocycles. The summed E-state index contributed by atoms with van der Waals surface area (Å²) in [5.74, 6) is 0.556. The van der Waals surface area contributed by atoms with Gasteiger partial charge in [0, 0.05) is 18.7 Å². The zero-order valence-corrected chi connectivity index (χ0v) is 18.6. The van der Waals surface area contributed by atoms with E-state index in [1.54, 1.807) is 12.1 Å². The first-order valence-corrected chi connectivity index (χ1v) is 10.0. The summed E-state index contributed by atoms with van der Waals surface area (Å²) < 4.78 is 11.9. The Kier molecular flexibility index (Phi) is 9.38. The largest absolute Gasteiger partial charge is 0.490 e. The van der Waals surface area contributed by atoms with E-state index in [0.717, 1.165) is 28.2 Å². The van der Waals surface area contributed by atoms with Crippen LogP contribution in [0, 0.1) is 6.92 Å². The first-order chi connectivity index (χ1) is 14.6. The Hall–Kier alpha value is -3.02. The van der Waals surface area contributed by atoms with Crippen molar-refractivity contribution in [2.75, 3.05) is 6.61 Å². The minimum Gasteiger partial charge on any atom is -0.490 e. The summed E-state index contributed by atoms with van der Waals surface area (Å²) in [6.07, 6.45) is 0. The van der Waals surface area contributed by atoms with Gasteiger partial charge >= 0.3 is 5.97 Å². The van der Waals surface area contributed by atoms with Gasteiger partial charge in [-0.05, 0) is 43.2 Å². The minimum absolute atomic E-state index is 0. The van der Waals surface area contributed by atoms with Gasteiger partial charge in [0.05, 0.1) is 12.2 Å². The number of hydrogen-bond acceptors (Lipinski definition) is 4. The molecule has 3 aromatic rings. The highest BCUT2D eigenvalue weighted by Gasteiger charge is 2.12. The van der Waals surface area contributed by atoms with Crippen LogP contribution in [0.2, 0.25) is 0 Å². The summed E-state index contributed by atoms with van der Waals surface area (Å²) in [5.41, 5.74) is 4.63. The fraction of sp³-hybridized carbons (Fsp3) is 0.240. The van der Waals surface area contributed by atoms with Crippen molar-refractivity contribution in [2.24, 2.45) is 0 Å². The van der Waals surface area contributed by atoms with E-state index < -0.39 is 5.97 Å². The molecule has 0 aromatic heterocycles. The number of aromatic carboxylic acids is 1. The molecule has 0 fully saturated rings. The molecule has 0 aliphatic rings. The maximum Gasteiger partial charge on any atom is 0.335 e. The van der Waals surface area contributed by atoms with Crippen LogP contribution < -0.4 is 14.8 Å². The van der Waals surface area contributed by atoms with Gasteiger partial charge < -0.3 is 19.9 Å². The number of rotatable bonds is 10. The zero-order valence-electron chi connectivity index (χ0n) is 17.8. The van der Waals surface area contributed by atoms with Gasteiger partial charge in [-0.3, -0.25) is 0 Å². The van der Waals surface area contributed by atoms with Crippen molar-refractivity contribution in [3.63, 3.8) is 0 Å². The maximum absolute atomic E-state index is 11.0. The number of carboxylic acid groups (broad SMARTS) is 1. The molecule has 0 unspecified atom stereocenters. The second kappa shape index (κ2) is 12.0. The van der Waals surface area contributed by atoms with Crippen LogP contribution in [0.4, 0.5) is 0 Å². The van der Waals surface area contributed by atoms with E-state index >= 15 is 0 Å². The van der Waals surface area contributed by atoms with Crippen LogP contribution in [0.1, 0.15) is 39.5 Å². The highest BCUT2D eigenvalue weighted by molar-refractivity contribution is 5.87. The van der Waals surface area contributed by atoms with Gasteiger partial charge in [0.2, 0.25) is 0 Å². The molecule has 5 nitrogen and oxygen atoms in total. The molecule has 0 saturated heterocycles. The Balaban J connectivity index is 0.00000341. The quantitative estimate of drug-likeness (QED) is 0.442. The predicted molar refractivity (Wildman–Crippen MR) is 124 cm³/mol. The van der Waals surface area contributed by atoms with E-state index in [2.05, 4.69) is 36.5 Å². The average Bonchev–Trinajstić information content (AvgIpc) is 2.75. The molecule has 2 N–H and O–H groups in total. The number of hydrogen-bond donors (Lipinski definition) is 2. The molecule has 0 spiro atoms. The first-order valence-electron chi connectivity index (χ1n) is 10.0. The van der Waals surface area contributed by atoms with Crippen LogP contribution in [0.5, 0.6) is 11.5 Å². The van der Waals surface area contributed by atoms with Crippen LogP contribution in [-0.4, -0.2) is 17.7 Å². The Morgan fingerprint density at radius 3 is 2.23 bits per heavy atom. The van der Waals surface area contributed by atoms with Crippen LogP contribution >= 0.6 is 12.4 Å². The SMILES string of the molecule is CCOc1cccc(CNCc2ccc(C(=O)O)cc2)c1OCc1ccc(C)cc1.Cl. The Morgan fingerprint density at radius 1 is 0.903 bits per heavy atom. The number of para-hydroxylation sites is 1. The van der Waals surface area contributed by atoms with Crippen LogP contribution in [0.25, 0.3) is 0 Å². The van der Waals surface area contributed by atoms with Crippen molar-refractivity contribution in [3.8, 4) is 11.5 Å². The molecule has 6 heteroatoms. The number of nitrogens with one attached hydrogen (secondary N) is 1. The average molecular weight is 442 g/mol. The zero-order chi connectivity index (χ0) is 21.3. The van der Waals surface area contributed by atoms with Gasteiger partial charge in [-0.1, -0.05) is 54.1 Å². The van der Waals surface area contributed by atoms with Gasteiger partial charge in [-0.25, -0.2) is 4.79 Å². The molecule has 0 atom stereocenters. The lowest BCUT2D eigenvalue weighted by Crippen LogP contribution is -2.14.